The first-order valence-corrected chi connectivity index (χ1v) is 9.80. The molecule has 3 fully saturated rings. The second-order valence-corrected chi connectivity index (χ2v) is 8.98. The molecule has 0 bridgehead atoms. The predicted molar refractivity (Wildman–Crippen MR) is 81.7 cm³/mol. The number of hydrogen-bond acceptors (Lipinski definition) is 5. The van der Waals surface area contributed by atoms with Gasteiger partial charge >= 0.3 is 0 Å². The summed E-state index contributed by atoms with van der Waals surface area (Å²) in [6.07, 6.45) is 4.14. The Morgan fingerprint density at radius 2 is 1.86 bits per heavy atom. The number of rotatable bonds is 4. The molecular weight excluding hydrogens is 306 g/mol. The van der Waals surface area contributed by atoms with Gasteiger partial charge in [-0.2, -0.15) is 0 Å². The topological polar surface area (TPSA) is 81.2 Å². The number of nitrogens with zero attached hydrogens (tertiary/aromatic N) is 3. The number of β-amino-alcohol motifs (C(OH)–C–C–N with tert-alkyl or cyclic N) is 1. The van der Waals surface area contributed by atoms with E-state index < -0.39 is 15.6 Å². The third-order valence-electron chi connectivity index (χ3n) is 5.03. The number of hydrogen-bond donors (Lipinski definition) is 1. The van der Waals surface area contributed by atoms with Crippen molar-refractivity contribution in [1.82, 2.24) is 14.1 Å². The van der Waals surface area contributed by atoms with Crippen molar-refractivity contribution in [2.24, 2.45) is 5.92 Å². The molecule has 0 unspecified atom stereocenters. The molecule has 22 heavy (non-hydrogen) atoms. The van der Waals surface area contributed by atoms with Crippen LogP contribution in [0.3, 0.4) is 0 Å². The maximum absolute atomic E-state index is 12.4. The van der Waals surface area contributed by atoms with E-state index in [1.165, 1.54) is 23.4 Å². The van der Waals surface area contributed by atoms with E-state index in [4.69, 9.17) is 0 Å². The highest BCUT2D eigenvalue weighted by atomic mass is 32.2. The molecule has 0 aromatic carbocycles. The van der Waals surface area contributed by atoms with Crippen molar-refractivity contribution >= 4 is 15.9 Å². The zero-order valence-corrected chi connectivity index (χ0v) is 13.9. The van der Waals surface area contributed by atoms with Gasteiger partial charge in [0.25, 0.3) is 0 Å². The van der Waals surface area contributed by atoms with Crippen molar-refractivity contribution < 1.29 is 18.3 Å². The van der Waals surface area contributed by atoms with Gasteiger partial charge in [0, 0.05) is 26.2 Å². The second kappa shape index (κ2) is 5.74. The summed E-state index contributed by atoms with van der Waals surface area (Å²) in [5, 5.41) is 10.7. The minimum atomic E-state index is -3.19. The molecule has 0 aromatic heterocycles. The summed E-state index contributed by atoms with van der Waals surface area (Å²) in [4.78, 5) is 16.4. The summed E-state index contributed by atoms with van der Waals surface area (Å²) in [6, 6.07) is 0. The average molecular weight is 331 g/mol. The van der Waals surface area contributed by atoms with Crippen LogP contribution in [0.4, 0.5) is 0 Å². The molecule has 0 aromatic rings. The lowest BCUT2D eigenvalue weighted by Crippen LogP contribution is -2.56. The largest absolute Gasteiger partial charge is 0.387 e. The lowest BCUT2D eigenvalue weighted by molar-refractivity contribution is -0.139. The molecular formula is C14H25N3O4S. The molecule has 0 radical (unpaired) electrons. The Balaban J connectivity index is 1.51. The number of sulfonamides is 1. The average Bonchev–Trinajstić information content (AvgIpc) is 2.95. The molecule has 3 rings (SSSR count). The molecule has 3 saturated heterocycles. The number of aliphatic hydroxyl groups is 1. The molecule has 3 aliphatic rings. The molecule has 1 amide bonds. The first kappa shape index (κ1) is 16.2. The fourth-order valence-corrected chi connectivity index (χ4v) is 4.56. The minimum Gasteiger partial charge on any atom is -0.387 e. The van der Waals surface area contributed by atoms with Gasteiger partial charge in [-0.3, -0.25) is 4.79 Å². The van der Waals surface area contributed by atoms with Crippen LogP contribution in [0.1, 0.15) is 19.3 Å². The summed E-state index contributed by atoms with van der Waals surface area (Å²) in [5.74, 6) is -0.263. The van der Waals surface area contributed by atoms with Crippen LogP contribution in [0.2, 0.25) is 0 Å². The molecule has 8 heteroatoms. The van der Waals surface area contributed by atoms with Gasteiger partial charge in [-0.25, -0.2) is 12.7 Å². The van der Waals surface area contributed by atoms with Crippen molar-refractivity contribution in [3.63, 3.8) is 0 Å². The zero-order valence-electron chi connectivity index (χ0n) is 13.1. The van der Waals surface area contributed by atoms with Crippen LogP contribution in [-0.2, 0) is 14.8 Å². The molecule has 0 saturated carbocycles. The second-order valence-electron chi connectivity index (χ2n) is 6.99. The normalized spacial score (nSPS) is 31.6. The number of amides is 1. The summed E-state index contributed by atoms with van der Waals surface area (Å²) < 4.78 is 24.0. The Labute approximate surface area is 131 Å². The summed E-state index contributed by atoms with van der Waals surface area (Å²) in [7, 11) is -3.19. The van der Waals surface area contributed by atoms with E-state index in [9.17, 15) is 18.3 Å². The van der Waals surface area contributed by atoms with Crippen molar-refractivity contribution in [2.75, 3.05) is 52.1 Å². The standard InChI is InChI=1S/C14H25N3O4S/c1-22(20,21)17-8-12(9-17)13(18)16-7-4-14(19,11-16)10-15-5-2-3-6-15/h12,19H,2-11H2,1H3/t14-/m1/s1. The molecule has 3 aliphatic heterocycles. The number of likely N-dealkylation sites (tertiary alicyclic amines) is 2. The highest BCUT2D eigenvalue weighted by Gasteiger charge is 2.45. The quantitative estimate of drug-likeness (QED) is 0.710. The zero-order chi connectivity index (χ0) is 16.0. The van der Waals surface area contributed by atoms with E-state index in [-0.39, 0.29) is 24.9 Å². The van der Waals surface area contributed by atoms with Gasteiger partial charge < -0.3 is 14.9 Å². The van der Waals surface area contributed by atoms with E-state index >= 15 is 0 Å². The van der Waals surface area contributed by atoms with Gasteiger partial charge in [-0.05, 0) is 32.4 Å². The molecule has 1 atom stereocenters. The fraction of sp³-hybridized carbons (Fsp3) is 0.929. The van der Waals surface area contributed by atoms with Crippen LogP contribution in [0.15, 0.2) is 0 Å². The van der Waals surface area contributed by atoms with Gasteiger partial charge in [0.1, 0.15) is 0 Å². The van der Waals surface area contributed by atoms with Gasteiger partial charge in [-0.1, -0.05) is 0 Å². The number of carbonyl (C=O) groups excluding carboxylic acids is 1. The molecule has 0 aliphatic carbocycles. The molecule has 3 heterocycles. The first-order valence-electron chi connectivity index (χ1n) is 7.95. The maximum Gasteiger partial charge on any atom is 0.228 e. The number of carbonyl (C=O) groups is 1. The maximum atomic E-state index is 12.4. The summed E-state index contributed by atoms with van der Waals surface area (Å²) in [5.41, 5.74) is -0.805. The van der Waals surface area contributed by atoms with Gasteiger partial charge in [0.2, 0.25) is 15.9 Å². The van der Waals surface area contributed by atoms with Crippen LogP contribution >= 0.6 is 0 Å². The Morgan fingerprint density at radius 1 is 1.23 bits per heavy atom. The summed E-state index contributed by atoms with van der Waals surface area (Å²) in [6.45, 7) is 4.19. The Hall–Kier alpha value is -0.700. The lowest BCUT2D eigenvalue weighted by atomic mass is 10.0. The van der Waals surface area contributed by atoms with Crippen molar-refractivity contribution in [3.8, 4) is 0 Å². The Morgan fingerprint density at radius 3 is 2.45 bits per heavy atom. The van der Waals surface area contributed by atoms with Crippen LogP contribution < -0.4 is 0 Å². The van der Waals surface area contributed by atoms with Gasteiger partial charge in [-0.15, -0.1) is 0 Å². The molecule has 7 nitrogen and oxygen atoms in total. The van der Waals surface area contributed by atoms with Gasteiger partial charge in [0.05, 0.1) is 24.3 Å². The van der Waals surface area contributed by atoms with Crippen molar-refractivity contribution in [2.45, 2.75) is 24.9 Å². The third kappa shape index (κ3) is 3.29. The fourth-order valence-electron chi connectivity index (χ4n) is 3.65. The van der Waals surface area contributed by atoms with Crippen LogP contribution in [0.25, 0.3) is 0 Å². The van der Waals surface area contributed by atoms with Crippen molar-refractivity contribution in [3.05, 3.63) is 0 Å². The lowest BCUT2D eigenvalue weighted by Gasteiger charge is -2.38. The third-order valence-corrected chi connectivity index (χ3v) is 6.26. The first-order chi connectivity index (χ1) is 10.3. The highest BCUT2D eigenvalue weighted by Crippen LogP contribution is 2.28. The van der Waals surface area contributed by atoms with E-state index in [0.29, 0.717) is 26.1 Å². The Bertz CT molecular complexity index is 540. The highest BCUT2D eigenvalue weighted by molar-refractivity contribution is 7.88. The monoisotopic (exact) mass is 331 g/mol. The molecule has 1 N–H and O–H groups in total. The van der Waals surface area contributed by atoms with E-state index in [1.54, 1.807) is 4.90 Å². The van der Waals surface area contributed by atoms with Crippen LogP contribution in [0.5, 0.6) is 0 Å². The SMILES string of the molecule is CS(=O)(=O)N1CC(C(=O)N2CC[C@@](O)(CN3CCCC3)C2)C1. The van der Waals surface area contributed by atoms with Crippen LogP contribution in [0, 0.1) is 5.92 Å². The summed E-state index contributed by atoms with van der Waals surface area (Å²) >= 11 is 0. The molecule has 0 spiro atoms. The minimum absolute atomic E-state index is 0.0164. The molecule has 126 valence electrons. The Kier molecular flexibility index (Phi) is 4.22. The van der Waals surface area contributed by atoms with Crippen LogP contribution in [-0.4, -0.2) is 91.2 Å². The smallest absolute Gasteiger partial charge is 0.228 e. The predicted octanol–water partition coefficient (Wildman–Crippen LogP) is -1.06. The van der Waals surface area contributed by atoms with Gasteiger partial charge in [0.15, 0.2) is 0 Å². The van der Waals surface area contributed by atoms with E-state index in [0.717, 1.165) is 13.1 Å². The van der Waals surface area contributed by atoms with E-state index in [1.807, 2.05) is 0 Å². The van der Waals surface area contributed by atoms with E-state index in [2.05, 4.69) is 4.90 Å². The van der Waals surface area contributed by atoms with Crippen molar-refractivity contribution in [1.29, 1.82) is 0 Å².